The predicted octanol–water partition coefficient (Wildman–Crippen LogP) is 4.60. The average Bonchev–Trinajstić information content (AvgIpc) is 2.56. The van der Waals surface area contributed by atoms with Crippen molar-refractivity contribution in [3.05, 3.63) is 71.3 Å². The van der Waals surface area contributed by atoms with Crippen LogP contribution in [0, 0.1) is 5.92 Å². The van der Waals surface area contributed by atoms with Crippen LogP contribution >= 0.6 is 0 Å². The van der Waals surface area contributed by atoms with Crippen molar-refractivity contribution in [3.8, 4) is 0 Å². The monoisotopic (exact) mass is 278 g/mol. The zero-order valence-electron chi connectivity index (χ0n) is 12.3. The third-order valence-electron chi connectivity index (χ3n) is 5.52. The van der Waals surface area contributed by atoms with Crippen LogP contribution in [0.5, 0.6) is 0 Å². The first-order valence-electron chi connectivity index (χ1n) is 8.16. The lowest BCUT2D eigenvalue weighted by Crippen LogP contribution is -2.39. The number of fused-ring (bicyclic) bond motifs is 3. The highest BCUT2D eigenvalue weighted by molar-refractivity contribution is 5.45. The van der Waals surface area contributed by atoms with Crippen molar-refractivity contribution in [2.45, 2.75) is 43.6 Å². The van der Waals surface area contributed by atoms with E-state index in [1.54, 1.807) is 0 Å². The van der Waals surface area contributed by atoms with Gasteiger partial charge in [-0.25, -0.2) is 0 Å². The SMILES string of the molecule is OC1(c2ccccc2)C[C@@H]2CCCC[C@@H]2c2ccccc21. The Kier molecular flexibility index (Phi) is 3.11. The summed E-state index contributed by atoms with van der Waals surface area (Å²) >= 11 is 0. The van der Waals surface area contributed by atoms with Crippen LogP contribution in [-0.2, 0) is 5.60 Å². The van der Waals surface area contributed by atoms with Crippen LogP contribution < -0.4 is 0 Å². The summed E-state index contributed by atoms with van der Waals surface area (Å²) in [5, 5.41) is 11.5. The molecular formula is C20H22O. The van der Waals surface area contributed by atoms with Crippen molar-refractivity contribution in [1.29, 1.82) is 0 Å². The lowest BCUT2D eigenvalue weighted by Gasteiger charge is -2.45. The molecule has 1 N–H and O–H groups in total. The highest BCUT2D eigenvalue weighted by atomic mass is 16.3. The van der Waals surface area contributed by atoms with Crippen LogP contribution in [0.4, 0.5) is 0 Å². The predicted molar refractivity (Wildman–Crippen MR) is 85.2 cm³/mol. The van der Waals surface area contributed by atoms with E-state index in [2.05, 4.69) is 36.4 Å². The molecule has 2 aliphatic carbocycles. The van der Waals surface area contributed by atoms with Crippen molar-refractivity contribution < 1.29 is 5.11 Å². The van der Waals surface area contributed by atoms with Gasteiger partial charge in [0.1, 0.15) is 5.60 Å². The molecule has 0 amide bonds. The third-order valence-corrected chi connectivity index (χ3v) is 5.52. The zero-order valence-corrected chi connectivity index (χ0v) is 12.3. The Balaban J connectivity index is 1.88. The minimum Gasteiger partial charge on any atom is -0.380 e. The summed E-state index contributed by atoms with van der Waals surface area (Å²) in [6.45, 7) is 0. The number of hydrogen-bond donors (Lipinski definition) is 1. The van der Waals surface area contributed by atoms with Gasteiger partial charge in [-0.2, -0.15) is 0 Å². The molecule has 0 bridgehead atoms. The summed E-state index contributed by atoms with van der Waals surface area (Å²) in [6.07, 6.45) is 6.06. The normalized spacial score (nSPS) is 31.3. The third kappa shape index (κ3) is 2.03. The average molecular weight is 278 g/mol. The maximum atomic E-state index is 11.5. The maximum absolute atomic E-state index is 11.5. The van der Waals surface area contributed by atoms with Crippen molar-refractivity contribution >= 4 is 0 Å². The van der Waals surface area contributed by atoms with Crippen LogP contribution in [0.15, 0.2) is 54.6 Å². The summed E-state index contributed by atoms with van der Waals surface area (Å²) in [7, 11) is 0. The standard InChI is InChI=1S/C20H22O/c21-20(16-9-2-1-3-10-16)14-15-8-4-5-11-17(15)18-12-6-7-13-19(18)20/h1-3,6-7,9-10,12-13,15,17,21H,4-5,8,11,14H2/t15-,17-,20?/m0/s1. The Morgan fingerprint density at radius 3 is 2.43 bits per heavy atom. The van der Waals surface area contributed by atoms with Gasteiger partial charge in [0.05, 0.1) is 0 Å². The number of hydrogen-bond acceptors (Lipinski definition) is 1. The Morgan fingerprint density at radius 2 is 1.57 bits per heavy atom. The second kappa shape index (κ2) is 4.99. The number of benzene rings is 2. The summed E-state index contributed by atoms with van der Waals surface area (Å²) in [5.74, 6) is 1.28. The highest BCUT2D eigenvalue weighted by Gasteiger charge is 2.44. The van der Waals surface area contributed by atoms with E-state index >= 15 is 0 Å². The molecule has 1 saturated carbocycles. The Labute approximate surface area is 126 Å². The molecule has 0 spiro atoms. The van der Waals surface area contributed by atoms with Gasteiger partial charge in [-0.05, 0) is 47.8 Å². The smallest absolute Gasteiger partial charge is 0.115 e. The largest absolute Gasteiger partial charge is 0.380 e. The van der Waals surface area contributed by atoms with E-state index in [4.69, 9.17) is 0 Å². The van der Waals surface area contributed by atoms with E-state index in [-0.39, 0.29) is 0 Å². The summed E-state index contributed by atoms with van der Waals surface area (Å²) in [4.78, 5) is 0. The van der Waals surface area contributed by atoms with Crippen molar-refractivity contribution in [3.63, 3.8) is 0 Å². The Morgan fingerprint density at radius 1 is 0.857 bits per heavy atom. The van der Waals surface area contributed by atoms with Gasteiger partial charge < -0.3 is 5.11 Å². The molecule has 108 valence electrons. The fourth-order valence-electron chi connectivity index (χ4n) is 4.54. The van der Waals surface area contributed by atoms with Crippen molar-refractivity contribution in [1.82, 2.24) is 0 Å². The van der Waals surface area contributed by atoms with Crippen LogP contribution in [0.25, 0.3) is 0 Å². The number of rotatable bonds is 1. The van der Waals surface area contributed by atoms with Gasteiger partial charge >= 0.3 is 0 Å². The van der Waals surface area contributed by atoms with E-state index in [1.165, 1.54) is 31.2 Å². The van der Waals surface area contributed by atoms with Gasteiger partial charge in [-0.1, -0.05) is 67.4 Å². The molecule has 0 aliphatic heterocycles. The zero-order chi connectivity index (χ0) is 14.3. The molecule has 0 saturated heterocycles. The molecule has 2 aliphatic rings. The molecule has 1 nitrogen and oxygen atoms in total. The molecule has 1 unspecified atom stereocenters. The van der Waals surface area contributed by atoms with Gasteiger partial charge in [-0.3, -0.25) is 0 Å². The van der Waals surface area contributed by atoms with E-state index in [9.17, 15) is 5.11 Å². The molecule has 0 aromatic heterocycles. The first-order chi connectivity index (χ1) is 10.3. The number of aliphatic hydroxyl groups is 1. The first kappa shape index (κ1) is 13.1. The summed E-state index contributed by atoms with van der Waals surface area (Å²) < 4.78 is 0. The molecule has 0 heterocycles. The fourth-order valence-corrected chi connectivity index (χ4v) is 4.54. The van der Waals surface area contributed by atoms with Gasteiger partial charge in [-0.15, -0.1) is 0 Å². The van der Waals surface area contributed by atoms with Crippen LogP contribution in [0.3, 0.4) is 0 Å². The minimum atomic E-state index is -0.809. The summed E-state index contributed by atoms with van der Waals surface area (Å²) in [6, 6.07) is 18.8. The lowest BCUT2D eigenvalue weighted by molar-refractivity contribution is 0.0259. The second-order valence-corrected chi connectivity index (χ2v) is 6.67. The maximum Gasteiger partial charge on any atom is 0.115 e. The van der Waals surface area contributed by atoms with E-state index in [0.29, 0.717) is 11.8 Å². The molecule has 3 atom stereocenters. The summed E-state index contributed by atoms with van der Waals surface area (Å²) in [5.41, 5.74) is 2.76. The second-order valence-electron chi connectivity index (χ2n) is 6.67. The lowest BCUT2D eigenvalue weighted by atomic mass is 9.61. The van der Waals surface area contributed by atoms with Gasteiger partial charge in [0, 0.05) is 0 Å². The van der Waals surface area contributed by atoms with Crippen LogP contribution in [0.1, 0.15) is 54.7 Å². The van der Waals surface area contributed by atoms with Crippen LogP contribution in [0.2, 0.25) is 0 Å². The van der Waals surface area contributed by atoms with E-state index in [1.807, 2.05) is 18.2 Å². The fraction of sp³-hybridized carbons (Fsp3) is 0.400. The minimum absolute atomic E-state index is 0.624. The molecule has 1 heteroatoms. The molecule has 4 rings (SSSR count). The molecule has 21 heavy (non-hydrogen) atoms. The van der Waals surface area contributed by atoms with Crippen LogP contribution in [-0.4, -0.2) is 5.11 Å². The highest BCUT2D eigenvalue weighted by Crippen LogP contribution is 2.52. The molecular weight excluding hydrogens is 256 g/mol. The molecule has 2 aromatic carbocycles. The van der Waals surface area contributed by atoms with E-state index in [0.717, 1.165) is 17.5 Å². The Bertz CT molecular complexity index is 633. The van der Waals surface area contributed by atoms with Crippen molar-refractivity contribution in [2.24, 2.45) is 5.92 Å². The molecule has 1 fully saturated rings. The quantitative estimate of drug-likeness (QED) is 0.808. The first-order valence-corrected chi connectivity index (χ1v) is 8.16. The van der Waals surface area contributed by atoms with Gasteiger partial charge in [0.2, 0.25) is 0 Å². The molecule has 2 aromatic rings. The topological polar surface area (TPSA) is 20.2 Å². The van der Waals surface area contributed by atoms with Gasteiger partial charge in [0.25, 0.3) is 0 Å². The van der Waals surface area contributed by atoms with Gasteiger partial charge in [0.15, 0.2) is 0 Å². The van der Waals surface area contributed by atoms with Crippen molar-refractivity contribution in [2.75, 3.05) is 0 Å². The Hall–Kier alpha value is -1.60. The molecule has 0 radical (unpaired) electrons. The van der Waals surface area contributed by atoms with E-state index < -0.39 is 5.60 Å².